The minimum atomic E-state index is -0.128. The van der Waals surface area contributed by atoms with Crippen molar-refractivity contribution in [2.75, 3.05) is 0 Å². The van der Waals surface area contributed by atoms with E-state index in [-0.39, 0.29) is 5.43 Å². The molecule has 3 nitrogen and oxygen atoms in total. The number of hydrogen-bond acceptors (Lipinski definition) is 2. The van der Waals surface area contributed by atoms with Crippen molar-refractivity contribution in [3.05, 3.63) is 45.7 Å². The van der Waals surface area contributed by atoms with Crippen molar-refractivity contribution in [1.82, 2.24) is 4.73 Å². The van der Waals surface area contributed by atoms with Gasteiger partial charge in [-0.15, -0.1) is 0 Å². The Morgan fingerprint density at radius 1 is 1.31 bits per heavy atom. The van der Waals surface area contributed by atoms with E-state index in [1.165, 1.54) is 18.3 Å². The maximum absolute atomic E-state index is 11.3. The number of halogens is 1. The number of rotatable bonds is 0. The molecule has 1 heterocycles. The Bertz CT molecular complexity index is 518. The summed E-state index contributed by atoms with van der Waals surface area (Å²) < 4.78 is 0.878. The van der Waals surface area contributed by atoms with Crippen molar-refractivity contribution >= 4 is 22.5 Å². The monoisotopic (exact) mass is 195 g/mol. The Morgan fingerprint density at radius 3 is 2.85 bits per heavy atom. The molecule has 0 aliphatic heterocycles. The van der Waals surface area contributed by atoms with E-state index >= 15 is 0 Å². The van der Waals surface area contributed by atoms with Gasteiger partial charge < -0.3 is 5.21 Å². The summed E-state index contributed by atoms with van der Waals surface area (Å²) in [6.45, 7) is 0. The molecule has 0 amide bonds. The molecule has 0 aliphatic carbocycles. The van der Waals surface area contributed by atoms with Gasteiger partial charge in [0, 0.05) is 22.7 Å². The summed E-state index contributed by atoms with van der Waals surface area (Å²) in [6, 6.07) is 6.05. The van der Waals surface area contributed by atoms with E-state index < -0.39 is 0 Å². The zero-order valence-electron chi connectivity index (χ0n) is 6.57. The van der Waals surface area contributed by atoms with Gasteiger partial charge in [0.2, 0.25) is 0 Å². The molecule has 0 saturated heterocycles. The maximum atomic E-state index is 11.3. The molecule has 0 aliphatic rings. The van der Waals surface area contributed by atoms with Gasteiger partial charge in [0.15, 0.2) is 5.43 Å². The molecule has 4 heteroatoms. The summed E-state index contributed by atoms with van der Waals surface area (Å²) in [6.07, 6.45) is 1.29. The van der Waals surface area contributed by atoms with E-state index in [0.29, 0.717) is 15.9 Å². The van der Waals surface area contributed by atoms with Crippen LogP contribution in [0.5, 0.6) is 0 Å². The van der Waals surface area contributed by atoms with Gasteiger partial charge in [-0.2, -0.15) is 4.73 Å². The standard InChI is InChI=1S/C9H6ClNO2/c10-6-1-2-7-8(5-6)11(13)4-3-9(7)12/h1-5,13H. The van der Waals surface area contributed by atoms with Gasteiger partial charge in [-0.1, -0.05) is 11.6 Å². The number of aromatic nitrogens is 1. The first-order valence-electron chi connectivity index (χ1n) is 3.68. The van der Waals surface area contributed by atoms with Crippen molar-refractivity contribution in [2.45, 2.75) is 0 Å². The van der Waals surface area contributed by atoms with Crippen LogP contribution >= 0.6 is 11.6 Å². The summed E-state index contributed by atoms with van der Waals surface area (Å²) in [5, 5.41) is 10.3. The van der Waals surface area contributed by atoms with E-state index in [1.54, 1.807) is 12.1 Å². The highest BCUT2D eigenvalue weighted by Gasteiger charge is 2.01. The van der Waals surface area contributed by atoms with Gasteiger partial charge in [-0.3, -0.25) is 4.79 Å². The molecule has 1 aromatic carbocycles. The molecule has 0 atom stereocenters. The SMILES string of the molecule is O=c1ccn(O)c2cc(Cl)ccc12. The van der Waals surface area contributed by atoms with Crippen LogP contribution in [0, 0.1) is 0 Å². The minimum absolute atomic E-state index is 0.128. The molecule has 2 aromatic rings. The van der Waals surface area contributed by atoms with E-state index in [1.807, 2.05) is 0 Å². The number of fused-ring (bicyclic) bond motifs is 1. The molecular weight excluding hydrogens is 190 g/mol. The normalized spacial score (nSPS) is 10.5. The highest BCUT2D eigenvalue weighted by atomic mass is 35.5. The van der Waals surface area contributed by atoms with Crippen LogP contribution in [0.3, 0.4) is 0 Å². The average molecular weight is 196 g/mol. The number of pyridine rings is 1. The van der Waals surface area contributed by atoms with Crippen molar-refractivity contribution in [3.8, 4) is 0 Å². The summed E-state index contributed by atoms with van der Waals surface area (Å²) >= 11 is 5.72. The number of benzene rings is 1. The molecule has 13 heavy (non-hydrogen) atoms. The zero-order chi connectivity index (χ0) is 9.42. The second kappa shape index (κ2) is 2.78. The quantitative estimate of drug-likeness (QED) is 0.653. The highest BCUT2D eigenvalue weighted by Crippen LogP contribution is 2.15. The lowest BCUT2D eigenvalue weighted by Gasteiger charge is -2.02. The number of hydrogen-bond donors (Lipinski definition) is 1. The second-order valence-electron chi connectivity index (χ2n) is 2.69. The molecule has 66 valence electrons. The Morgan fingerprint density at radius 2 is 2.08 bits per heavy atom. The summed E-state index contributed by atoms with van der Waals surface area (Å²) in [5.74, 6) is 0. The van der Waals surface area contributed by atoms with Crippen molar-refractivity contribution in [3.63, 3.8) is 0 Å². The fraction of sp³-hybridized carbons (Fsp3) is 0. The van der Waals surface area contributed by atoms with Gasteiger partial charge in [-0.25, -0.2) is 0 Å². The van der Waals surface area contributed by atoms with Gasteiger partial charge in [0.05, 0.1) is 5.52 Å². The second-order valence-corrected chi connectivity index (χ2v) is 3.12. The Kier molecular flexibility index (Phi) is 1.74. The van der Waals surface area contributed by atoms with Crippen LogP contribution in [0.4, 0.5) is 0 Å². The predicted octanol–water partition coefficient (Wildman–Crippen LogP) is 1.89. The first-order valence-corrected chi connectivity index (χ1v) is 4.06. The lowest BCUT2D eigenvalue weighted by Crippen LogP contribution is -2.05. The molecule has 2 rings (SSSR count). The molecule has 0 bridgehead atoms. The van der Waals surface area contributed by atoms with Crippen LogP contribution in [0.1, 0.15) is 0 Å². The first-order chi connectivity index (χ1) is 6.18. The molecule has 0 spiro atoms. The third-order valence-corrected chi connectivity index (χ3v) is 2.07. The van der Waals surface area contributed by atoms with Crippen LogP contribution in [-0.4, -0.2) is 9.94 Å². The van der Waals surface area contributed by atoms with Crippen LogP contribution in [0.25, 0.3) is 10.9 Å². The fourth-order valence-electron chi connectivity index (χ4n) is 1.21. The van der Waals surface area contributed by atoms with Gasteiger partial charge in [0.1, 0.15) is 0 Å². The highest BCUT2D eigenvalue weighted by molar-refractivity contribution is 6.31. The Hall–Kier alpha value is -1.48. The molecule has 0 unspecified atom stereocenters. The molecule has 0 radical (unpaired) electrons. The van der Waals surface area contributed by atoms with Crippen molar-refractivity contribution in [2.24, 2.45) is 0 Å². The van der Waals surface area contributed by atoms with Gasteiger partial charge >= 0.3 is 0 Å². The van der Waals surface area contributed by atoms with E-state index in [2.05, 4.69) is 0 Å². The molecule has 1 N–H and O–H groups in total. The van der Waals surface area contributed by atoms with Gasteiger partial charge in [-0.05, 0) is 18.2 Å². The third kappa shape index (κ3) is 1.27. The lowest BCUT2D eigenvalue weighted by atomic mass is 10.2. The van der Waals surface area contributed by atoms with Crippen molar-refractivity contribution in [1.29, 1.82) is 0 Å². The molecule has 0 saturated carbocycles. The lowest BCUT2D eigenvalue weighted by molar-refractivity contribution is 0.198. The first kappa shape index (κ1) is 8.13. The minimum Gasteiger partial charge on any atom is -0.428 e. The maximum Gasteiger partial charge on any atom is 0.189 e. The van der Waals surface area contributed by atoms with Gasteiger partial charge in [0.25, 0.3) is 0 Å². The predicted molar refractivity (Wildman–Crippen MR) is 50.4 cm³/mol. The molecule has 0 fully saturated rings. The number of nitrogens with zero attached hydrogens (tertiary/aromatic N) is 1. The van der Waals surface area contributed by atoms with Crippen LogP contribution in [0.15, 0.2) is 35.3 Å². The average Bonchev–Trinajstić information content (AvgIpc) is 2.12. The van der Waals surface area contributed by atoms with Crippen LogP contribution < -0.4 is 5.43 Å². The third-order valence-electron chi connectivity index (χ3n) is 1.84. The Labute approximate surface area is 78.8 Å². The Balaban J connectivity index is 3.01. The van der Waals surface area contributed by atoms with E-state index in [0.717, 1.165) is 4.73 Å². The topological polar surface area (TPSA) is 42.2 Å². The van der Waals surface area contributed by atoms with E-state index in [4.69, 9.17) is 11.6 Å². The van der Waals surface area contributed by atoms with Crippen molar-refractivity contribution < 1.29 is 5.21 Å². The fourth-order valence-corrected chi connectivity index (χ4v) is 1.38. The largest absolute Gasteiger partial charge is 0.428 e. The smallest absolute Gasteiger partial charge is 0.189 e. The van der Waals surface area contributed by atoms with Crippen LogP contribution in [-0.2, 0) is 0 Å². The summed E-state index contributed by atoms with van der Waals surface area (Å²) in [7, 11) is 0. The summed E-state index contributed by atoms with van der Waals surface area (Å²) in [4.78, 5) is 11.3. The molecule has 1 aromatic heterocycles. The molecular formula is C9H6ClNO2. The zero-order valence-corrected chi connectivity index (χ0v) is 7.32. The van der Waals surface area contributed by atoms with E-state index in [9.17, 15) is 10.0 Å². The summed E-state index contributed by atoms with van der Waals surface area (Å²) in [5.41, 5.74) is 0.289. The van der Waals surface area contributed by atoms with Crippen LogP contribution in [0.2, 0.25) is 5.02 Å².